The third-order valence-electron chi connectivity index (χ3n) is 9.50. The number of halogens is 2. The third-order valence-corrected chi connectivity index (χ3v) is 10.8. The number of hydrogen-bond acceptors (Lipinski definition) is 11. The number of aliphatic hydroxyl groups is 1. The third kappa shape index (κ3) is 15.1. The zero-order valence-corrected chi connectivity index (χ0v) is 34.7. The largest absolute Gasteiger partial charge is 0.480 e. The first-order chi connectivity index (χ1) is 28.6. The first-order valence-corrected chi connectivity index (χ1v) is 20.2. The summed E-state index contributed by atoms with van der Waals surface area (Å²) in [7, 11) is 0. The van der Waals surface area contributed by atoms with E-state index in [1.165, 1.54) is 4.90 Å². The van der Waals surface area contributed by atoms with E-state index in [0.717, 1.165) is 23.8 Å². The molecule has 0 aliphatic carbocycles. The maximum Gasteiger partial charge on any atom is 0.326 e. The van der Waals surface area contributed by atoms with Crippen molar-refractivity contribution in [2.24, 2.45) is 16.9 Å². The van der Waals surface area contributed by atoms with Gasteiger partial charge in [0.05, 0.1) is 18.6 Å². The summed E-state index contributed by atoms with van der Waals surface area (Å²) in [6.45, 7) is 4.06. The predicted molar refractivity (Wildman–Crippen MR) is 220 cm³/mol. The molecule has 0 bridgehead atoms. The van der Waals surface area contributed by atoms with Crippen LogP contribution < -0.4 is 22.1 Å². The summed E-state index contributed by atoms with van der Waals surface area (Å²) in [6.07, 6.45) is -0.00342. The zero-order chi connectivity index (χ0) is 45.6. The molecule has 61 heavy (non-hydrogen) atoms. The predicted octanol–water partition coefficient (Wildman–Crippen LogP) is 2.13. The van der Waals surface area contributed by atoms with Crippen molar-refractivity contribution in [3.8, 4) is 11.1 Å². The molecule has 0 fully saturated rings. The summed E-state index contributed by atoms with van der Waals surface area (Å²) in [6, 6.07) is 8.79. The van der Waals surface area contributed by atoms with Crippen LogP contribution in [0.25, 0.3) is 11.1 Å². The van der Waals surface area contributed by atoms with Crippen molar-refractivity contribution in [1.82, 2.24) is 20.1 Å². The number of carbonyl (C=O) groups is 7. The van der Waals surface area contributed by atoms with Crippen LogP contribution in [0.4, 0.5) is 8.78 Å². The van der Waals surface area contributed by atoms with Crippen LogP contribution in [0.5, 0.6) is 0 Å². The Labute approximate surface area is 354 Å². The van der Waals surface area contributed by atoms with Crippen molar-refractivity contribution >= 4 is 53.2 Å². The number of amides is 3. The van der Waals surface area contributed by atoms with E-state index in [9.17, 15) is 53.3 Å². The van der Waals surface area contributed by atoms with Crippen LogP contribution in [0.1, 0.15) is 63.8 Å². The fourth-order valence-electron chi connectivity index (χ4n) is 6.39. The summed E-state index contributed by atoms with van der Waals surface area (Å²) >= 11 is 0.644. The average molecular weight is 875 g/mol. The first-order valence-electron chi connectivity index (χ1n) is 19.1. The molecule has 0 aliphatic rings. The van der Waals surface area contributed by atoms with Gasteiger partial charge in [-0.3, -0.25) is 28.8 Å². The van der Waals surface area contributed by atoms with Gasteiger partial charge in [-0.05, 0) is 48.1 Å². The number of benzene rings is 2. The van der Waals surface area contributed by atoms with Gasteiger partial charge in [-0.1, -0.05) is 51.1 Å². The number of aliphatic carboxylic acids is 3. The topological polar surface area (TPSA) is 285 Å². The molecule has 332 valence electrons. The summed E-state index contributed by atoms with van der Waals surface area (Å²) in [5.74, 6) is -8.98. The molecule has 17 nitrogen and oxygen atoms in total. The van der Waals surface area contributed by atoms with Crippen LogP contribution in [-0.4, -0.2) is 120 Å². The number of rotatable bonds is 24. The summed E-state index contributed by atoms with van der Waals surface area (Å²) < 4.78 is 31.2. The Morgan fingerprint density at radius 3 is 2.15 bits per heavy atom. The normalized spacial score (nSPS) is 13.9. The van der Waals surface area contributed by atoms with Gasteiger partial charge < -0.3 is 52.0 Å². The van der Waals surface area contributed by atoms with Crippen LogP contribution in [0.3, 0.4) is 0 Å². The standard InChI is InChI=1S/C41H52F2N6O11S/c1-41(2,3)36(32-15-24(27-16-25(42)9-11-28(27)43)20-48(32)19-23-7-5-4-6-8-23)49(35(53)21-50)14-13-29(44)37(54)47-31(39(57)58)12-10-26(51)18-46-34(52)17-33(40(59)60)61-22-30(45)38(55)56/h4-9,11,15-16,20,29-31,33,36,50H,10,12-14,17-19,21-22,44-45H2,1-3H3,(H,46,52)(H,47,54)(H,55,56)(H,57,58)(H,59,60)/t29-,30-,31+,33?,36?/m0/s1. The lowest BCUT2D eigenvalue weighted by Gasteiger charge is -2.41. The molecule has 0 radical (unpaired) electrons. The number of carboxylic acid groups (broad SMARTS) is 3. The van der Waals surface area contributed by atoms with Crippen LogP contribution in [0, 0.1) is 17.0 Å². The second-order valence-electron chi connectivity index (χ2n) is 15.4. The quantitative estimate of drug-likeness (QED) is 0.0641. The maximum absolute atomic E-state index is 15.1. The lowest BCUT2D eigenvalue weighted by Crippen LogP contribution is -2.50. The Morgan fingerprint density at radius 1 is 0.885 bits per heavy atom. The van der Waals surface area contributed by atoms with Gasteiger partial charge in [0.25, 0.3) is 0 Å². The number of nitrogens with two attached hydrogens (primary N) is 2. The van der Waals surface area contributed by atoms with E-state index in [1.807, 2.05) is 51.1 Å². The molecular formula is C41H52F2N6O11S. The molecule has 3 aromatic rings. The molecule has 5 atom stereocenters. The fraction of sp³-hybridized carbons (Fsp3) is 0.439. The van der Waals surface area contributed by atoms with Crippen LogP contribution in [0.2, 0.25) is 0 Å². The van der Waals surface area contributed by atoms with E-state index < -0.39 is 120 Å². The number of aromatic nitrogens is 1. The van der Waals surface area contributed by atoms with E-state index in [0.29, 0.717) is 23.0 Å². The summed E-state index contributed by atoms with van der Waals surface area (Å²) in [5, 5.41) is 41.3. The Balaban J connectivity index is 1.73. The Bertz CT molecular complexity index is 2050. The molecule has 1 aromatic heterocycles. The fourth-order valence-corrected chi connectivity index (χ4v) is 7.38. The van der Waals surface area contributed by atoms with E-state index in [-0.39, 0.29) is 30.8 Å². The molecule has 20 heteroatoms. The molecular weight excluding hydrogens is 823 g/mol. The Morgan fingerprint density at radius 2 is 1.56 bits per heavy atom. The van der Waals surface area contributed by atoms with Crippen molar-refractivity contribution in [2.45, 2.75) is 82.4 Å². The molecule has 0 saturated heterocycles. The second-order valence-corrected chi connectivity index (χ2v) is 16.6. The van der Waals surface area contributed by atoms with Crippen LogP contribution in [-0.2, 0) is 40.1 Å². The van der Waals surface area contributed by atoms with Gasteiger partial charge in [0.2, 0.25) is 17.7 Å². The van der Waals surface area contributed by atoms with Gasteiger partial charge in [-0.2, -0.15) is 0 Å². The number of carboxylic acids is 3. The molecule has 0 saturated carbocycles. The van der Waals surface area contributed by atoms with Crippen LogP contribution in [0.15, 0.2) is 60.8 Å². The maximum atomic E-state index is 15.1. The number of nitrogens with zero attached hydrogens (tertiary/aromatic N) is 2. The molecule has 2 unspecified atom stereocenters. The lowest BCUT2D eigenvalue weighted by atomic mass is 9.82. The van der Waals surface area contributed by atoms with Gasteiger partial charge in [0, 0.05) is 54.7 Å². The van der Waals surface area contributed by atoms with Crippen molar-refractivity contribution in [1.29, 1.82) is 0 Å². The molecule has 3 rings (SSSR count). The number of aliphatic hydroxyl groups excluding tert-OH is 1. The highest BCUT2D eigenvalue weighted by molar-refractivity contribution is 8.00. The van der Waals surface area contributed by atoms with Gasteiger partial charge in [-0.15, -0.1) is 11.8 Å². The highest BCUT2D eigenvalue weighted by atomic mass is 32.2. The molecule has 10 N–H and O–H groups in total. The second kappa shape index (κ2) is 22.8. The highest BCUT2D eigenvalue weighted by Gasteiger charge is 2.38. The average Bonchev–Trinajstić information content (AvgIpc) is 3.60. The number of Topliss-reactive ketones (excluding diaryl/α,β-unsaturated/α-hetero) is 1. The van der Waals surface area contributed by atoms with Crippen LogP contribution >= 0.6 is 11.8 Å². The van der Waals surface area contributed by atoms with Crippen molar-refractivity contribution in [3.63, 3.8) is 0 Å². The molecule has 1 heterocycles. The molecule has 0 aliphatic heterocycles. The van der Waals surface area contributed by atoms with E-state index in [1.54, 1.807) is 16.8 Å². The number of nitrogens with one attached hydrogen (secondary N) is 2. The number of ketones is 1. The van der Waals surface area contributed by atoms with Crippen molar-refractivity contribution in [2.75, 3.05) is 25.4 Å². The van der Waals surface area contributed by atoms with Gasteiger partial charge in [0.1, 0.15) is 35.6 Å². The van der Waals surface area contributed by atoms with E-state index in [2.05, 4.69) is 10.6 Å². The molecule has 0 spiro atoms. The molecule has 3 amide bonds. The Hall–Kier alpha value is -5.70. The molecule has 2 aromatic carbocycles. The first kappa shape index (κ1) is 49.7. The minimum Gasteiger partial charge on any atom is -0.480 e. The Kier molecular flexibility index (Phi) is 18.5. The number of hydrogen-bond donors (Lipinski definition) is 8. The van der Waals surface area contributed by atoms with Crippen molar-refractivity contribution < 1.29 is 62.8 Å². The number of carbonyl (C=O) groups excluding carboxylic acids is 4. The van der Waals surface area contributed by atoms with Gasteiger partial charge in [0.15, 0.2) is 5.78 Å². The minimum absolute atomic E-state index is 0.0142. The van der Waals surface area contributed by atoms with Gasteiger partial charge >= 0.3 is 17.9 Å². The highest BCUT2D eigenvalue weighted by Crippen LogP contribution is 2.41. The van der Waals surface area contributed by atoms with Crippen molar-refractivity contribution in [3.05, 3.63) is 83.7 Å². The van der Waals surface area contributed by atoms with E-state index in [4.69, 9.17) is 16.6 Å². The van der Waals surface area contributed by atoms with Gasteiger partial charge in [-0.25, -0.2) is 13.6 Å². The summed E-state index contributed by atoms with van der Waals surface area (Å²) in [5.41, 5.74) is 12.5. The van der Waals surface area contributed by atoms with E-state index >= 15 is 4.39 Å². The number of thioether (sulfide) groups is 1. The smallest absolute Gasteiger partial charge is 0.326 e. The zero-order valence-electron chi connectivity index (χ0n) is 33.9. The monoisotopic (exact) mass is 874 g/mol. The lowest BCUT2D eigenvalue weighted by molar-refractivity contribution is -0.142. The SMILES string of the molecule is CC(C)(C)C(c1cc(-c2cc(F)ccc2F)cn1Cc1ccccc1)N(CC[C@H](N)C(=O)N[C@H](CCC(=O)CNC(=O)CC(SC[C@H](N)C(=O)O)C(=O)O)C(=O)O)C(=O)CO. The minimum atomic E-state index is -1.59. The summed E-state index contributed by atoms with van der Waals surface area (Å²) in [4.78, 5) is 87.4.